The Morgan fingerprint density at radius 2 is 2.05 bits per heavy atom. The highest BCUT2D eigenvalue weighted by molar-refractivity contribution is 5.37. The van der Waals surface area contributed by atoms with E-state index in [1.54, 1.807) is 6.92 Å². The molecule has 2 aliphatic rings. The summed E-state index contributed by atoms with van der Waals surface area (Å²) in [7, 11) is 0. The van der Waals surface area contributed by atoms with Crippen LogP contribution in [0.1, 0.15) is 29.5 Å². The summed E-state index contributed by atoms with van der Waals surface area (Å²) in [5.74, 6) is 0.131. The lowest BCUT2D eigenvalue weighted by atomic mass is 9.75. The molecule has 2 heterocycles. The number of nitrogens with zero attached hydrogens (tertiary/aromatic N) is 1. The smallest absolute Gasteiger partial charge is 0.385 e. The van der Waals surface area contributed by atoms with Crippen LogP contribution in [0, 0.1) is 12.8 Å². The van der Waals surface area contributed by atoms with E-state index < -0.39 is 17.3 Å². The van der Waals surface area contributed by atoms with Crippen LogP contribution in [-0.2, 0) is 11.8 Å². The van der Waals surface area contributed by atoms with E-state index in [2.05, 4.69) is 4.90 Å². The molecular formula is C15H18F3NO. The largest absolute Gasteiger partial charge is 0.416 e. The molecule has 3 atom stereocenters. The van der Waals surface area contributed by atoms with E-state index in [1.165, 1.54) is 6.07 Å². The van der Waals surface area contributed by atoms with Crippen molar-refractivity contribution in [3.05, 3.63) is 34.9 Å². The van der Waals surface area contributed by atoms with Crippen molar-refractivity contribution in [1.82, 2.24) is 4.90 Å². The Morgan fingerprint density at radius 1 is 1.30 bits per heavy atom. The first-order valence-corrected chi connectivity index (χ1v) is 6.94. The third kappa shape index (κ3) is 2.13. The maximum absolute atomic E-state index is 12.7. The summed E-state index contributed by atoms with van der Waals surface area (Å²) in [5.41, 5.74) is -0.424. The molecule has 2 bridgehead atoms. The van der Waals surface area contributed by atoms with Gasteiger partial charge in [0.2, 0.25) is 0 Å². The van der Waals surface area contributed by atoms with Crippen molar-refractivity contribution < 1.29 is 18.3 Å². The molecule has 20 heavy (non-hydrogen) atoms. The van der Waals surface area contributed by atoms with Crippen molar-refractivity contribution in [1.29, 1.82) is 0 Å². The fourth-order valence-electron chi connectivity index (χ4n) is 3.64. The summed E-state index contributed by atoms with van der Waals surface area (Å²) in [5, 5.41) is 11.0. The average Bonchev–Trinajstić information content (AvgIpc) is 2.78. The normalized spacial score (nSPS) is 33.5. The summed E-state index contributed by atoms with van der Waals surface area (Å²) in [6, 6.07) is 3.70. The molecule has 0 aromatic heterocycles. The number of aryl methyl sites for hydroxylation is 1. The monoisotopic (exact) mass is 285 g/mol. The Bertz CT molecular complexity index is 528. The van der Waals surface area contributed by atoms with E-state index >= 15 is 0 Å². The molecule has 110 valence electrons. The van der Waals surface area contributed by atoms with Gasteiger partial charge in [0.25, 0.3) is 0 Å². The van der Waals surface area contributed by atoms with E-state index in [0.29, 0.717) is 17.5 Å². The molecule has 0 saturated carbocycles. The van der Waals surface area contributed by atoms with Crippen molar-refractivity contribution in [3.8, 4) is 0 Å². The van der Waals surface area contributed by atoms with Gasteiger partial charge in [0.1, 0.15) is 0 Å². The number of benzene rings is 1. The van der Waals surface area contributed by atoms with Crippen LogP contribution in [0.5, 0.6) is 0 Å². The maximum Gasteiger partial charge on any atom is 0.416 e. The fourth-order valence-corrected chi connectivity index (χ4v) is 3.64. The second-order valence-corrected chi connectivity index (χ2v) is 5.99. The standard InChI is InChI=1S/C15H18F3NO/c1-10-8-11(15(16,17)18)2-3-13(10)14(20)5-7-19-6-4-12(14)9-19/h2-3,8,12,20H,4-7,9H2,1H3. The Hall–Kier alpha value is -1.07. The van der Waals surface area contributed by atoms with Crippen LogP contribution in [0.4, 0.5) is 13.2 Å². The number of rotatable bonds is 1. The first-order chi connectivity index (χ1) is 9.30. The Kier molecular flexibility index (Phi) is 3.10. The second kappa shape index (κ2) is 4.46. The number of hydrogen-bond donors (Lipinski definition) is 1. The highest BCUT2D eigenvalue weighted by Gasteiger charge is 2.46. The van der Waals surface area contributed by atoms with E-state index in [0.717, 1.165) is 38.2 Å². The number of alkyl halides is 3. The number of hydrogen-bond acceptors (Lipinski definition) is 2. The molecule has 0 amide bonds. The molecule has 5 heteroatoms. The average molecular weight is 285 g/mol. The van der Waals surface area contributed by atoms with Crippen LogP contribution in [0.15, 0.2) is 18.2 Å². The van der Waals surface area contributed by atoms with Gasteiger partial charge in [0.15, 0.2) is 0 Å². The topological polar surface area (TPSA) is 23.5 Å². The predicted octanol–water partition coefficient (Wildman–Crippen LogP) is 2.93. The van der Waals surface area contributed by atoms with Crippen molar-refractivity contribution in [2.75, 3.05) is 19.6 Å². The number of fused-ring (bicyclic) bond motifs is 2. The minimum absolute atomic E-state index is 0.131. The molecule has 2 aliphatic heterocycles. The molecule has 0 spiro atoms. The van der Waals surface area contributed by atoms with Crippen molar-refractivity contribution >= 4 is 0 Å². The fraction of sp³-hybridized carbons (Fsp3) is 0.600. The molecule has 2 nitrogen and oxygen atoms in total. The minimum atomic E-state index is -4.33. The van der Waals surface area contributed by atoms with Gasteiger partial charge in [-0.15, -0.1) is 0 Å². The zero-order valence-electron chi connectivity index (χ0n) is 11.4. The minimum Gasteiger partial charge on any atom is -0.385 e. The van der Waals surface area contributed by atoms with Crippen molar-refractivity contribution in [3.63, 3.8) is 0 Å². The van der Waals surface area contributed by atoms with Crippen molar-refractivity contribution in [2.45, 2.75) is 31.5 Å². The van der Waals surface area contributed by atoms with E-state index in [-0.39, 0.29) is 5.92 Å². The van der Waals surface area contributed by atoms with Gasteiger partial charge in [-0.05, 0) is 49.6 Å². The van der Waals surface area contributed by atoms with E-state index in [1.807, 2.05) is 0 Å². The Balaban J connectivity index is 1.98. The molecular weight excluding hydrogens is 267 g/mol. The SMILES string of the molecule is Cc1cc(C(F)(F)F)ccc1C1(O)CCN2CCC1C2. The summed E-state index contributed by atoms with van der Waals surface area (Å²) in [6.07, 6.45) is -2.82. The lowest BCUT2D eigenvalue weighted by molar-refractivity contribution is -0.137. The van der Waals surface area contributed by atoms with Crippen LogP contribution in [0.3, 0.4) is 0 Å². The first kappa shape index (κ1) is 13.9. The van der Waals surface area contributed by atoms with Gasteiger partial charge in [0, 0.05) is 19.0 Å². The lowest BCUT2D eigenvalue weighted by Gasteiger charge is -2.40. The molecule has 1 aromatic rings. The molecule has 1 N–H and O–H groups in total. The molecule has 3 rings (SSSR count). The third-order valence-electron chi connectivity index (χ3n) is 4.78. The number of piperidine rings is 1. The summed E-state index contributed by atoms with van der Waals surface area (Å²) in [4.78, 5) is 2.30. The van der Waals surface area contributed by atoms with Gasteiger partial charge in [-0.1, -0.05) is 6.07 Å². The molecule has 0 aliphatic carbocycles. The number of halogens is 3. The van der Waals surface area contributed by atoms with Crippen LogP contribution >= 0.6 is 0 Å². The third-order valence-corrected chi connectivity index (χ3v) is 4.78. The zero-order chi connectivity index (χ0) is 14.5. The van der Waals surface area contributed by atoms with Crippen LogP contribution in [-0.4, -0.2) is 29.6 Å². The molecule has 2 saturated heterocycles. The number of aliphatic hydroxyl groups is 1. The Labute approximate surface area is 116 Å². The summed E-state index contributed by atoms with van der Waals surface area (Å²) >= 11 is 0. The van der Waals surface area contributed by atoms with Gasteiger partial charge in [0.05, 0.1) is 11.2 Å². The maximum atomic E-state index is 12.7. The summed E-state index contributed by atoms with van der Waals surface area (Å²) in [6.45, 7) is 4.29. The van der Waals surface area contributed by atoms with E-state index in [9.17, 15) is 18.3 Å². The second-order valence-electron chi connectivity index (χ2n) is 5.99. The zero-order valence-corrected chi connectivity index (χ0v) is 11.4. The predicted molar refractivity (Wildman–Crippen MR) is 69.2 cm³/mol. The van der Waals surface area contributed by atoms with Crippen LogP contribution in [0.2, 0.25) is 0 Å². The Morgan fingerprint density at radius 3 is 2.70 bits per heavy atom. The van der Waals surface area contributed by atoms with Crippen LogP contribution in [0.25, 0.3) is 0 Å². The van der Waals surface area contributed by atoms with Gasteiger partial charge in [-0.25, -0.2) is 0 Å². The quantitative estimate of drug-likeness (QED) is 0.857. The molecule has 1 aromatic carbocycles. The lowest BCUT2D eigenvalue weighted by Crippen LogP contribution is -2.44. The van der Waals surface area contributed by atoms with Crippen molar-refractivity contribution in [2.24, 2.45) is 5.92 Å². The van der Waals surface area contributed by atoms with Gasteiger partial charge >= 0.3 is 6.18 Å². The van der Waals surface area contributed by atoms with Gasteiger partial charge in [-0.2, -0.15) is 13.2 Å². The van der Waals surface area contributed by atoms with Gasteiger partial charge < -0.3 is 10.0 Å². The molecule has 2 fully saturated rings. The van der Waals surface area contributed by atoms with Crippen LogP contribution < -0.4 is 0 Å². The summed E-state index contributed by atoms with van der Waals surface area (Å²) < 4.78 is 38.2. The first-order valence-electron chi connectivity index (χ1n) is 6.94. The highest BCUT2D eigenvalue weighted by Crippen LogP contribution is 2.44. The molecule has 0 radical (unpaired) electrons. The highest BCUT2D eigenvalue weighted by atomic mass is 19.4. The van der Waals surface area contributed by atoms with Gasteiger partial charge in [-0.3, -0.25) is 0 Å². The van der Waals surface area contributed by atoms with E-state index in [4.69, 9.17) is 0 Å². The molecule has 3 unspecified atom stereocenters.